The molecule has 7 heteroatoms. The highest BCUT2D eigenvalue weighted by Gasteiger charge is 2.17. The predicted molar refractivity (Wildman–Crippen MR) is 116 cm³/mol. The molecule has 0 bridgehead atoms. The van der Waals surface area contributed by atoms with Gasteiger partial charge in [-0.25, -0.2) is 0 Å². The summed E-state index contributed by atoms with van der Waals surface area (Å²) in [5.41, 5.74) is 3.15. The summed E-state index contributed by atoms with van der Waals surface area (Å²) in [5.74, 6) is -0.0830. The summed E-state index contributed by atoms with van der Waals surface area (Å²) in [4.78, 5) is 12.6. The molecule has 0 saturated carbocycles. The molecule has 0 fully saturated rings. The molecule has 142 valence electrons. The molecule has 0 unspecified atom stereocenters. The van der Waals surface area contributed by atoms with Crippen molar-refractivity contribution in [3.8, 4) is 0 Å². The summed E-state index contributed by atoms with van der Waals surface area (Å²) in [6.07, 6.45) is 0. The highest BCUT2D eigenvalue weighted by molar-refractivity contribution is 8.00. The monoisotopic (exact) mass is 410 g/mol. The lowest BCUT2D eigenvalue weighted by molar-refractivity contribution is -0.115. The number of nitrogens with zero attached hydrogens (tertiary/aromatic N) is 3. The van der Waals surface area contributed by atoms with Gasteiger partial charge in [-0.1, -0.05) is 41.6 Å². The molecule has 1 atom stereocenters. The maximum atomic E-state index is 12.6. The summed E-state index contributed by atoms with van der Waals surface area (Å²) >= 11 is 7.10. The lowest BCUT2D eigenvalue weighted by Gasteiger charge is -2.11. The fourth-order valence-electron chi connectivity index (χ4n) is 3.32. The number of anilines is 1. The Hall–Kier alpha value is -2.57. The van der Waals surface area contributed by atoms with E-state index in [0.717, 1.165) is 17.6 Å². The predicted octanol–water partition coefficient (Wildman–Crippen LogP) is 5.38. The van der Waals surface area contributed by atoms with Gasteiger partial charge in [-0.15, -0.1) is 10.2 Å². The molecule has 0 aliphatic rings. The summed E-state index contributed by atoms with van der Waals surface area (Å²) < 4.78 is 2.29. The van der Waals surface area contributed by atoms with E-state index in [4.69, 9.17) is 11.6 Å². The number of para-hydroxylation sites is 1. The van der Waals surface area contributed by atoms with Crippen molar-refractivity contribution in [2.24, 2.45) is 0 Å². The SMILES string of the molecule is CCn1c2ccccc2c2cc(NC(=O)[C@H](C)Sc3ccc(Cl)nn3)ccc21. The van der Waals surface area contributed by atoms with E-state index in [1.165, 1.54) is 28.2 Å². The largest absolute Gasteiger partial charge is 0.341 e. The highest BCUT2D eigenvalue weighted by atomic mass is 35.5. The molecule has 0 aliphatic heterocycles. The van der Waals surface area contributed by atoms with Gasteiger partial charge in [0.15, 0.2) is 5.15 Å². The number of aromatic nitrogens is 3. The van der Waals surface area contributed by atoms with Crippen LogP contribution in [0.5, 0.6) is 0 Å². The smallest absolute Gasteiger partial charge is 0.237 e. The first-order valence-electron chi connectivity index (χ1n) is 9.04. The zero-order valence-electron chi connectivity index (χ0n) is 15.5. The van der Waals surface area contributed by atoms with Crippen molar-refractivity contribution in [1.29, 1.82) is 0 Å². The standard InChI is InChI=1S/C21H19ClN4OS/c1-3-26-17-7-5-4-6-15(17)16-12-14(8-9-18(16)26)23-21(27)13(2)28-20-11-10-19(22)24-25-20/h4-13H,3H2,1-2H3,(H,23,27)/t13-/m0/s1. The second-order valence-corrected chi connectivity index (χ2v) is 8.19. The fourth-order valence-corrected chi connectivity index (χ4v) is 4.18. The van der Waals surface area contributed by atoms with Crippen LogP contribution in [0.3, 0.4) is 0 Å². The van der Waals surface area contributed by atoms with Crippen LogP contribution in [0.15, 0.2) is 59.6 Å². The average molecular weight is 411 g/mol. The molecule has 2 heterocycles. The minimum Gasteiger partial charge on any atom is -0.341 e. The number of halogens is 1. The van der Waals surface area contributed by atoms with Gasteiger partial charge in [0.25, 0.3) is 0 Å². The number of carbonyl (C=O) groups excluding carboxylic acids is 1. The van der Waals surface area contributed by atoms with E-state index in [9.17, 15) is 4.79 Å². The first kappa shape index (κ1) is 18.8. The maximum absolute atomic E-state index is 12.6. The first-order valence-corrected chi connectivity index (χ1v) is 10.3. The first-order chi connectivity index (χ1) is 13.6. The Morgan fingerprint density at radius 3 is 2.64 bits per heavy atom. The van der Waals surface area contributed by atoms with Crippen molar-refractivity contribution >= 4 is 56.8 Å². The van der Waals surface area contributed by atoms with Crippen LogP contribution in [-0.2, 0) is 11.3 Å². The number of carbonyl (C=O) groups is 1. The second-order valence-electron chi connectivity index (χ2n) is 6.44. The van der Waals surface area contributed by atoms with Crippen LogP contribution in [0.25, 0.3) is 21.8 Å². The quantitative estimate of drug-likeness (QED) is 0.449. The molecule has 1 N–H and O–H groups in total. The number of amides is 1. The molecule has 4 aromatic rings. The van der Waals surface area contributed by atoms with Gasteiger partial charge >= 0.3 is 0 Å². The zero-order valence-corrected chi connectivity index (χ0v) is 17.1. The molecule has 1 amide bonds. The molecule has 0 aliphatic carbocycles. The van der Waals surface area contributed by atoms with Gasteiger partial charge in [0, 0.05) is 34.0 Å². The number of fused-ring (bicyclic) bond motifs is 3. The average Bonchev–Trinajstić information content (AvgIpc) is 3.02. The Bertz CT molecular complexity index is 1160. The van der Waals surface area contributed by atoms with Gasteiger partial charge < -0.3 is 9.88 Å². The Morgan fingerprint density at radius 2 is 1.89 bits per heavy atom. The summed E-state index contributed by atoms with van der Waals surface area (Å²) in [7, 11) is 0. The van der Waals surface area contributed by atoms with E-state index >= 15 is 0 Å². The Labute approximate surface area is 172 Å². The minimum absolute atomic E-state index is 0.0830. The van der Waals surface area contributed by atoms with Crippen molar-refractivity contribution in [2.75, 3.05) is 5.32 Å². The molecule has 5 nitrogen and oxygen atoms in total. The van der Waals surface area contributed by atoms with Crippen LogP contribution >= 0.6 is 23.4 Å². The maximum Gasteiger partial charge on any atom is 0.237 e. The number of nitrogens with one attached hydrogen (secondary N) is 1. The van der Waals surface area contributed by atoms with E-state index in [-0.39, 0.29) is 11.2 Å². The molecular weight excluding hydrogens is 392 g/mol. The van der Waals surface area contributed by atoms with Crippen LogP contribution in [0, 0.1) is 0 Å². The molecule has 2 aromatic heterocycles. The van der Waals surface area contributed by atoms with Gasteiger partial charge in [0.05, 0.1) is 5.25 Å². The third kappa shape index (κ3) is 3.57. The molecule has 2 aromatic carbocycles. The normalized spacial score (nSPS) is 12.4. The zero-order chi connectivity index (χ0) is 19.7. The third-order valence-electron chi connectivity index (χ3n) is 4.63. The molecule has 28 heavy (non-hydrogen) atoms. The van der Waals surface area contributed by atoms with E-state index in [0.29, 0.717) is 10.2 Å². The molecule has 0 spiro atoms. The highest BCUT2D eigenvalue weighted by Crippen LogP contribution is 2.31. The van der Waals surface area contributed by atoms with E-state index in [2.05, 4.69) is 51.3 Å². The van der Waals surface area contributed by atoms with E-state index in [1.807, 2.05) is 25.1 Å². The molecular formula is C21H19ClN4OS. The van der Waals surface area contributed by atoms with Crippen molar-refractivity contribution in [3.63, 3.8) is 0 Å². The van der Waals surface area contributed by atoms with Crippen LogP contribution in [0.1, 0.15) is 13.8 Å². The van der Waals surface area contributed by atoms with Gasteiger partial charge in [-0.05, 0) is 50.2 Å². The lowest BCUT2D eigenvalue weighted by atomic mass is 10.1. The summed E-state index contributed by atoms with van der Waals surface area (Å²) in [6.45, 7) is 4.88. The van der Waals surface area contributed by atoms with E-state index in [1.54, 1.807) is 12.1 Å². The number of benzene rings is 2. The van der Waals surface area contributed by atoms with Crippen LogP contribution < -0.4 is 5.32 Å². The number of hydrogen-bond acceptors (Lipinski definition) is 4. The van der Waals surface area contributed by atoms with Gasteiger partial charge in [-0.2, -0.15) is 0 Å². The topological polar surface area (TPSA) is 59.8 Å². The Kier molecular flexibility index (Phi) is 5.24. The van der Waals surface area contributed by atoms with Crippen molar-refractivity contribution in [2.45, 2.75) is 30.7 Å². The van der Waals surface area contributed by atoms with Crippen molar-refractivity contribution in [3.05, 3.63) is 59.8 Å². The second kappa shape index (κ2) is 7.81. The molecule has 0 saturated heterocycles. The third-order valence-corrected chi connectivity index (χ3v) is 5.86. The molecule has 4 rings (SSSR count). The number of rotatable bonds is 5. The Morgan fingerprint density at radius 1 is 1.11 bits per heavy atom. The summed E-state index contributed by atoms with van der Waals surface area (Å²) in [6, 6.07) is 17.8. The minimum atomic E-state index is -0.317. The Balaban J connectivity index is 1.58. The van der Waals surface area contributed by atoms with E-state index < -0.39 is 0 Å². The number of hydrogen-bond donors (Lipinski definition) is 1. The lowest BCUT2D eigenvalue weighted by Crippen LogP contribution is -2.22. The summed E-state index contributed by atoms with van der Waals surface area (Å²) in [5, 5.41) is 13.8. The van der Waals surface area contributed by atoms with Gasteiger partial charge in [0.1, 0.15) is 5.03 Å². The van der Waals surface area contributed by atoms with Gasteiger partial charge in [-0.3, -0.25) is 4.79 Å². The fraction of sp³-hybridized carbons (Fsp3) is 0.190. The van der Waals surface area contributed by atoms with Crippen molar-refractivity contribution < 1.29 is 4.79 Å². The van der Waals surface area contributed by atoms with Gasteiger partial charge in [0.2, 0.25) is 5.91 Å². The van der Waals surface area contributed by atoms with Crippen LogP contribution in [0.2, 0.25) is 5.15 Å². The van der Waals surface area contributed by atoms with Crippen molar-refractivity contribution in [1.82, 2.24) is 14.8 Å². The van der Waals surface area contributed by atoms with Crippen LogP contribution in [-0.4, -0.2) is 25.9 Å². The van der Waals surface area contributed by atoms with Crippen LogP contribution in [0.4, 0.5) is 5.69 Å². The number of thioether (sulfide) groups is 1. The number of aryl methyl sites for hydroxylation is 1. The molecule has 0 radical (unpaired) electrons.